The van der Waals surface area contributed by atoms with Gasteiger partial charge >= 0.3 is 5.97 Å². The number of pyridine rings is 1. The van der Waals surface area contributed by atoms with Crippen LogP contribution in [0.4, 0.5) is 5.69 Å². The molecule has 0 aliphatic carbocycles. The SMILES string of the molecule is Cc1ccc(CC(=O)OCC(=O)c2ccc3c(c2)CCCN3S(C)(=O)=O)cn1. The predicted molar refractivity (Wildman–Crippen MR) is 105 cm³/mol. The van der Waals surface area contributed by atoms with E-state index in [4.69, 9.17) is 4.74 Å². The van der Waals surface area contributed by atoms with Crippen molar-refractivity contribution in [2.75, 3.05) is 23.7 Å². The Morgan fingerprint density at radius 3 is 2.68 bits per heavy atom. The number of hydrogen-bond donors (Lipinski definition) is 0. The Labute approximate surface area is 164 Å². The zero-order chi connectivity index (χ0) is 20.3. The van der Waals surface area contributed by atoms with Gasteiger partial charge in [0, 0.05) is 24.0 Å². The van der Waals surface area contributed by atoms with Crippen LogP contribution in [0.3, 0.4) is 0 Å². The first-order valence-corrected chi connectivity index (χ1v) is 10.8. The molecule has 0 radical (unpaired) electrons. The van der Waals surface area contributed by atoms with E-state index in [0.29, 0.717) is 30.6 Å². The summed E-state index contributed by atoms with van der Waals surface area (Å²) in [5.41, 5.74) is 3.39. The van der Waals surface area contributed by atoms with Crippen molar-refractivity contribution in [1.82, 2.24) is 4.98 Å². The van der Waals surface area contributed by atoms with E-state index in [1.54, 1.807) is 36.5 Å². The van der Waals surface area contributed by atoms with E-state index in [1.807, 2.05) is 6.92 Å². The lowest BCUT2D eigenvalue weighted by molar-refractivity contribution is -0.141. The molecule has 0 N–H and O–H groups in total. The molecule has 0 bridgehead atoms. The number of esters is 1. The Bertz CT molecular complexity index is 1000. The van der Waals surface area contributed by atoms with E-state index < -0.39 is 16.0 Å². The quantitative estimate of drug-likeness (QED) is 0.542. The molecule has 8 heteroatoms. The smallest absolute Gasteiger partial charge is 0.310 e. The van der Waals surface area contributed by atoms with Gasteiger partial charge in [-0.05, 0) is 55.2 Å². The zero-order valence-electron chi connectivity index (χ0n) is 15.8. The highest BCUT2D eigenvalue weighted by Crippen LogP contribution is 2.30. The number of fused-ring (bicyclic) bond motifs is 1. The molecule has 1 aromatic heterocycles. The molecule has 0 unspecified atom stereocenters. The molecule has 0 saturated carbocycles. The minimum Gasteiger partial charge on any atom is -0.457 e. The fourth-order valence-electron chi connectivity index (χ4n) is 3.13. The van der Waals surface area contributed by atoms with Crippen molar-refractivity contribution >= 4 is 27.5 Å². The van der Waals surface area contributed by atoms with Gasteiger partial charge in [0.15, 0.2) is 12.4 Å². The lowest BCUT2D eigenvalue weighted by atomic mass is 9.99. The fraction of sp³-hybridized carbons (Fsp3) is 0.350. The minimum atomic E-state index is -3.35. The Morgan fingerprint density at radius 2 is 2.00 bits per heavy atom. The lowest BCUT2D eigenvalue weighted by Crippen LogP contribution is -2.34. The lowest BCUT2D eigenvalue weighted by Gasteiger charge is -2.29. The third-order valence-electron chi connectivity index (χ3n) is 4.56. The molecule has 2 aromatic rings. The number of benzene rings is 1. The van der Waals surface area contributed by atoms with E-state index in [1.165, 1.54) is 10.6 Å². The number of Topliss-reactive ketones (excluding diaryl/α,β-unsaturated/α-hetero) is 1. The van der Waals surface area contributed by atoms with Crippen molar-refractivity contribution in [3.05, 3.63) is 58.9 Å². The van der Waals surface area contributed by atoms with Crippen LogP contribution in [0, 0.1) is 6.92 Å². The van der Waals surface area contributed by atoms with Gasteiger partial charge in [-0.15, -0.1) is 0 Å². The molecule has 0 atom stereocenters. The average Bonchev–Trinajstić information content (AvgIpc) is 2.66. The third-order valence-corrected chi connectivity index (χ3v) is 5.74. The van der Waals surface area contributed by atoms with Crippen molar-refractivity contribution in [2.45, 2.75) is 26.2 Å². The Morgan fingerprint density at radius 1 is 1.21 bits per heavy atom. The number of nitrogens with zero attached hydrogens (tertiary/aromatic N) is 2. The van der Waals surface area contributed by atoms with Gasteiger partial charge in [-0.2, -0.15) is 0 Å². The largest absolute Gasteiger partial charge is 0.457 e. The number of carbonyl (C=O) groups is 2. The molecular weight excluding hydrogens is 380 g/mol. The van der Waals surface area contributed by atoms with Gasteiger partial charge in [0.05, 0.1) is 18.4 Å². The number of hydrogen-bond acceptors (Lipinski definition) is 6. The van der Waals surface area contributed by atoms with Crippen LogP contribution in [0.25, 0.3) is 0 Å². The van der Waals surface area contributed by atoms with E-state index >= 15 is 0 Å². The number of ether oxygens (including phenoxy) is 1. The highest BCUT2D eigenvalue weighted by molar-refractivity contribution is 7.92. The van der Waals surface area contributed by atoms with Crippen LogP contribution >= 0.6 is 0 Å². The minimum absolute atomic E-state index is 0.0497. The number of aryl methyl sites for hydroxylation is 2. The number of sulfonamides is 1. The average molecular weight is 402 g/mol. The van der Waals surface area contributed by atoms with Gasteiger partial charge in [-0.3, -0.25) is 18.9 Å². The van der Waals surface area contributed by atoms with Gasteiger partial charge in [0.1, 0.15) is 0 Å². The summed E-state index contributed by atoms with van der Waals surface area (Å²) in [4.78, 5) is 28.5. The van der Waals surface area contributed by atoms with Crippen molar-refractivity contribution in [2.24, 2.45) is 0 Å². The van der Waals surface area contributed by atoms with Crippen LogP contribution in [-0.4, -0.2) is 44.6 Å². The number of rotatable bonds is 6. The van der Waals surface area contributed by atoms with Crippen molar-refractivity contribution < 1.29 is 22.7 Å². The van der Waals surface area contributed by atoms with Crippen LogP contribution < -0.4 is 4.31 Å². The summed E-state index contributed by atoms with van der Waals surface area (Å²) in [6, 6.07) is 8.50. The van der Waals surface area contributed by atoms with E-state index in [-0.39, 0.29) is 18.8 Å². The summed E-state index contributed by atoms with van der Waals surface area (Å²) in [5, 5.41) is 0. The maximum Gasteiger partial charge on any atom is 0.310 e. The molecule has 148 valence electrons. The summed E-state index contributed by atoms with van der Waals surface area (Å²) >= 11 is 0. The first kappa shape index (κ1) is 20.0. The summed E-state index contributed by atoms with van der Waals surface area (Å²) in [5.74, 6) is -0.824. The van der Waals surface area contributed by atoms with Crippen molar-refractivity contribution in [3.63, 3.8) is 0 Å². The molecule has 2 heterocycles. The predicted octanol–water partition coefficient (Wildman–Crippen LogP) is 2.07. The van der Waals surface area contributed by atoms with Gasteiger partial charge in [-0.1, -0.05) is 6.07 Å². The summed E-state index contributed by atoms with van der Waals surface area (Å²) in [6.07, 6.45) is 4.22. The maximum atomic E-state index is 12.4. The van der Waals surface area contributed by atoms with Crippen LogP contribution in [-0.2, 0) is 32.4 Å². The topological polar surface area (TPSA) is 93.6 Å². The molecule has 1 aliphatic rings. The third kappa shape index (κ3) is 4.75. The normalized spacial score (nSPS) is 13.7. The number of ketones is 1. The highest BCUT2D eigenvalue weighted by atomic mass is 32.2. The molecule has 28 heavy (non-hydrogen) atoms. The second kappa shape index (κ2) is 8.10. The molecule has 0 fully saturated rings. The van der Waals surface area contributed by atoms with Gasteiger partial charge < -0.3 is 4.74 Å². The number of carbonyl (C=O) groups excluding carboxylic acids is 2. The Kier molecular flexibility index (Phi) is 5.79. The monoisotopic (exact) mass is 402 g/mol. The molecule has 1 aromatic carbocycles. The number of anilines is 1. The van der Waals surface area contributed by atoms with Crippen molar-refractivity contribution in [1.29, 1.82) is 0 Å². The van der Waals surface area contributed by atoms with Crippen LogP contribution in [0.15, 0.2) is 36.5 Å². The molecule has 0 spiro atoms. The Hall–Kier alpha value is -2.74. The Balaban J connectivity index is 1.63. The summed E-state index contributed by atoms with van der Waals surface area (Å²) in [6.45, 7) is 1.94. The maximum absolute atomic E-state index is 12.4. The summed E-state index contributed by atoms with van der Waals surface area (Å²) in [7, 11) is -3.35. The fourth-order valence-corrected chi connectivity index (χ4v) is 4.13. The molecular formula is C20H22N2O5S. The molecule has 7 nitrogen and oxygen atoms in total. The summed E-state index contributed by atoms with van der Waals surface area (Å²) < 4.78 is 30.3. The first-order chi connectivity index (χ1) is 13.2. The van der Waals surface area contributed by atoms with Gasteiger partial charge in [0.2, 0.25) is 10.0 Å². The van der Waals surface area contributed by atoms with Crippen LogP contribution in [0.1, 0.15) is 33.6 Å². The van der Waals surface area contributed by atoms with Gasteiger partial charge in [-0.25, -0.2) is 8.42 Å². The first-order valence-electron chi connectivity index (χ1n) is 8.95. The number of aromatic nitrogens is 1. The molecule has 3 rings (SSSR count). The molecule has 1 aliphatic heterocycles. The van der Waals surface area contributed by atoms with E-state index in [9.17, 15) is 18.0 Å². The van der Waals surface area contributed by atoms with Gasteiger partial charge in [0.25, 0.3) is 0 Å². The second-order valence-corrected chi connectivity index (χ2v) is 8.76. The van der Waals surface area contributed by atoms with Crippen molar-refractivity contribution in [3.8, 4) is 0 Å². The highest BCUT2D eigenvalue weighted by Gasteiger charge is 2.24. The molecule has 0 saturated heterocycles. The zero-order valence-corrected chi connectivity index (χ0v) is 16.7. The van der Waals surface area contributed by atoms with E-state index in [0.717, 1.165) is 16.8 Å². The standard InChI is InChI=1S/C20H22N2O5S/c1-14-5-6-15(12-21-14)10-20(24)27-13-19(23)17-7-8-18-16(11-17)4-3-9-22(18)28(2,25)26/h5-8,11-12H,3-4,9-10,13H2,1-2H3. The van der Waals surface area contributed by atoms with Crippen LogP contribution in [0.5, 0.6) is 0 Å². The second-order valence-electron chi connectivity index (χ2n) is 6.85. The van der Waals surface area contributed by atoms with E-state index in [2.05, 4.69) is 4.98 Å². The van der Waals surface area contributed by atoms with Crippen LogP contribution in [0.2, 0.25) is 0 Å². The molecule has 0 amide bonds.